The number of amides is 2. The first-order chi connectivity index (χ1) is 12.6. The van der Waals surface area contributed by atoms with Crippen LogP contribution in [0.15, 0.2) is 18.2 Å². The van der Waals surface area contributed by atoms with Crippen molar-refractivity contribution in [3.63, 3.8) is 0 Å². The minimum Gasteiger partial charge on any atom is -0.354 e. The van der Waals surface area contributed by atoms with E-state index in [9.17, 15) is 9.59 Å². The van der Waals surface area contributed by atoms with Gasteiger partial charge in [-0.3, -0.25) is 9.59 Å². The van der Waals surface area contributed by atoms with Gasteiger partial charge in [0.05, 0.1) is 11.3 Å². The van der Waals surface area contributed by atoms with Gasteiger partial charge in [0, 0.05) is 25.2 Å². The number of anilines is 1. The van der Waals surface area contributed by atoms with E-state index < -0.39 is 0 Å². The van der Waals surface area contributed by atoms with E-state index in [1.807, 2.05) is 24.1 Å². The number of carbonyl (C=O) groups excluding carboxylic acids is 2. The molecule has 1 aliphatic carbocycles. The van der Waals surface area contributed by atoms with Crippen LogP contribution >= 0.6 is 0 Å². The monoisotopic (exact) mass is 355 g/mol. The standard InChI is InChI=1S/C21H29N3O2/c1-23-18-14-15(20(25)22-16-8-5-3-2-4-6-9-16)11-12-17(18)21(26)24-13-7-10-19(23)24/h11-12,14,16,19H,2-10,13H2,1H3,(H,22,25)/t19-/m1/s1. The van der Waals surface area contributed by atoms with Gasteiger partial charge in [-0.2, -0.15) is 0 Å². The molecular weight excluding hydrogens is 326 g/mol. The van der Waals surface area contributed by atoms with Gasteiger partial charge in [-0.05, 0) is 43.9 Å². The van der Waals surface area contributed by atoms with Crippen molar-refractivity contribution in [2.45, 2.75) is 70.0 Å². The Bertz CT molecular complexity index is 694. The van der Waals surface area contributed by atoms with E-state index in [-0.39, 0.29) is 24.0 Å². The molecule has 0 bridgehead atoms. The van der Waals surface area contributed by atoms with Crippen LogP contribution in [0.5, 0.6) is 0 Å². The van der Waals surface area contributed by atoms with Gasteiger partial charge in [0.1, 0.15) is 6.17 Å². The SMILES string of the molecule is CN1c2cc(C(=O)NC3CCCCCCC3)ccc2C(=O)N2CCC[C@@H]21. The summed E-state index contributed by atoms with van der Waals surface area (Å²) in [6.07, 6.45) is 10.6. The average molecular weight is 355 g/mol. The molecule has 2 amide bonds. The highest BCUT2D eigenvalue weighted by Gasteiger charge is 2.38. The fourth-order valence-corrected chi connectivity index (χ4v) is 4.72. The third-order valence-corrected chi connectivity index (χ3v) is 6.24. The van der Waals surface area contributed by atoms with Crippen LogP contribution < -0.4 is 10.2 Å². The second-order valence-corrected chi connectivity index (χ2v) is 7.98. The predicted molar refractivity (Wildman–Crippen MR) is 102 cm³/mol. The lowest BCUT2D eigenvalue weighted by Crippen LogP contribution is -2.50. The topological polar surface area (TPSA) is 52.7 Å². The van der Waals surface area contributed by atoms with Crippen molar-refractivity contribution < 1.29 is 9.59 Å². The first kappa shape index (κ1) is 17.4. The first-order valence-electron chi connectivity index (χ1n) is 10.1. The van der Waals surface area contributed by atoms with Crippen LogP contribution in [0.25, 0.3) is 0 Å². The van der Waals surface area contributed by atoms with E-state index in [1.165, 1.54) is 32.1 Å². The summed E-state index contributed by atoms with van der Waals surface area (Å²) < 4.78 is 0. The fraction of sp³-hybridized carbons (Fsp3) is 0.619. The molecule has 5 nitrogen and oxygen atoms in total. The summed E-state index contributed by atoms with van der Waals surface area (Å²) in [6.45, 7) is 0.831. The second kappa shape index (κ2) is 7.29. The molecule has 1 saturated carbocycles. The summed E-state index contributed by atoms with van der Waals surface area (Å²) >= 11 is 0. The Morgan fingerprint density at radius 2 is 1.77 bits per heavy atom. The summed E-state index contributed by atoms with van der Waals surface area (Å²) in [5.41, 5.74) is 2.27. The van der Waals surface area contributed by atoms with E-state index in [0.29, 0.717) is 11.1 Å². The number of benzene rings is 1. The smallest absolute Gasteiger partial charge is 0.257 e. The molecule has 1 aromatic rings. The second-order valence-electron chi connectivity index (χ2n) is 7.98. The summed E-state index contributed by atoms with van der Waals surface area (Å²) in [6, 6.07) is 5.82. The molecule has 2 heterocycles. The lowest BCUT2D eigenvalue weighted by Gasteiger charge is -2.40. The van der Waals surface area contributed by atoms with Gasteiger partial charge >= 0.3 is 0 Å². The molecule has 3 aliphatic rings. The van der Waals surface area contributed by atoms with Gasteiger partial charge in [-0.1, -0.05) is 32.1 Å². The number of rotatable bonds is 2. The molecule has 0 unspecified atom stereocenters. The summed E-state index contributed by atoms with van der Waals surface area (Å²) in [5.74, 6) is 0.0978. The molecule has 4 rings (SSSR count). The summed E-state index contributed by atoms with van der Waals surface area (Å²) in [4.78, 5) is 29.6. The lowest BCUT2D eigenvalue weighted by molar-refractivity contribution is 0.0719. The van der Waals surface area contributed by atoms with Crippen LogP contribution in [0.1, 0.15) is 78.5 Å². The molecule has 2 aliphatic heterocycles. The molecular formula is C21H29N3O2. The zero-order chi connectivity index (χ0) is 18.1. The number of nitrogens with zero attached hydrogens (tertiary/aromatic N) is 2. The van der Waals surface area contributed by atoms with Crippen molar-refractivity contribution in [2.75, 3.05) is 18.5 Å². The Balaban J connectivity index is 1.52. The minimum absolute atomic E-state index is 0.00641. The molecule has 26 heavy (non-hydrogen) atoms. The van der Waals surface area contributed by atoms with Crippen molar-refractivity contribution in [1.82, 2.24) is 10.2 Å². The zero-order valence-electron chi connectivity index (χ0n) is 15.7. The van der Waals surface area contributed by atoms with E-state index in [1.54, 1.807) is 6.07 Å². The maximum absolute atomic E-state index is 12.8. The Hall–Kier alpha value is -2.04. The van der Waals surface area contributed by atoms with Gasteiger partial charge in [0.2, 0.25) is 0 Å². The van der Waals surface area contributed by atoms with Crippen molar-refractivity contribution >= 4 is 17.5 Å². The Morgan fingerprint density at radius 3 is 2.54 bits per heavy atom. The van der Waals surface area contributed by atoms with E-state index in [0.717, 1.165) is 37.9 Å². The van der Waals surface area contributed by atoms with Gasteiger partial charge in [0.15, 0.2) is 0 Å². The number of carbonyl (C=O) groups is 2. The highest BCUT2D eigenvalue weighted by molar-refractivity contribution is 6.04. The maximum atomic E-state index is 12.8. The minimum atomic E-state index is -0.00641. The molecule has 140 valence electrons. The van der Waals surface area contributed by atoms with Gasteiger partial charge < -0.3 is 15.1 Å². The normalized spacial score (nSPS) is 23.9. The fourth-order valence-electron chi connectivity index (χ4n) is 4.72. The van der Waals surface area contributed by atoms with Crippen molar-refractivity contribution in [1.29, 1.82) is 0 Å². The van der Waals surface area contributed by atoms with Crippen molar-refractivity contribution in [2.24, 2.45) is 0 Å². The zero-order valence-corrected chi connectivity index (χ0v) is 15.7. The van der Waals surface area contributed by atoms with Gasteiger partial charge in [-0.15, -0.1) is 0 Å². The molecule has 1 atom stereocenters. The van der Waals surface area contributed by atoms with Crippen LogP contribution in [-0.4, -0.2) is 42.5 Å². The third kappa shape index (κ3) is 3.19. The largest absolute Gasteiger partial charge is 0.354 e. The van der Waals surface area contributed by atoms with E-state index in [4.69, 9.17) is 0 Å². The average Bonchev–Trinajstić information content (AvgIpc) is 3.11. The molecule has 1 aromatic carbocycles. The van der Waals surface area contributed by atoms with Gasteiger partial charge in [-0.25, -0.2) is 0 Å². The molecule has 1 N–H and O–H groups in total. The number of fused-ring (bicyclic) bond motifs is 2. The number of nitrogens with one attached hydrogen (secondary N) is 1. The molecule has 0 spiro atoms. The first-order valence-corrected chi connectivity index (χ1v) is 10.1. The number of hydrogen-bond donors (Lipinski definition) is 1. The highest BCUT2D eigenvalue weighted by Crippen LogP contribution is 2.35. The molecule has 0 aromatic heterocycles. The summed E-state index contributed by atoms with van der Waals surface area (Å²) in [5, 5.41) is 3.23. The van der Waals surface area contributed by atoms with Crippen LogP contribution in [0.2, 0.25) is 0 Å². The molecule has 2 fully saturated rings. The maximum Gasteiger partial charge on any atom is 0.257 e. The van der Waals surface area contributed by atoms with Crippen molar-refractivity contribution in [3.05, 3.63) is 29.3 Å². The predicted octanol–water partition coefficient (Wildman–Crippen LogP) is 3.54. The highest BCUT2D eigenvalue weighted by atomic mass is 16.2. The van der Waals surface area contributed by atoms with Crippen LogP contribution in [0.4, 0.5) is 5.69 Å². The Labute approximate surface area is 155 Å². The van der Waals surface area contributed by atoms with E-state index >= 15 is 0 Å². The van der Waals surface area contributed by atoms with Crippen LogP contribution in [-0.2, 0) is 0 Å². The van der Waals surface area contributed by atoms with E-state index in [2.05, 4.69) is 10.2 Å². The molecule has 0 radical (unpaired) electrons. The quantitative estimate of drug-likeness (QED) is 0.883. The Morgan fingerprint density at radius 1 is 1.04 bits per heavy atom. The lowest BCUT2D eigenvalue weighted by atomic mass is 9.96. The Kier molecular flexibility index (Phi) is 4.88. The van der Waals surface area contributed by atoms with Crippen molar-refractivity contribution in [3.8, 4) is 0 Å². The summed E-state index contributed by atoms with van der Waals surface area (Å²) in [7, 11) is 2.03. The number of hydrogen-bond acceptors (Lipinski definition) is 3. The van der Waals surface area contributed by atoms with Crippen LogP contribution in [0, 0.1) is 0 Å². The molecule has 5 heteroatoms. The third-order valence-electron chi connectivity index (χ3n) is 6.24. The van der Waals surface area contributed by atoms with Gasteiger partial charge in [0.25, 0.3) is 11.8 Å². The molecule has 1 saturated heterocycles. The van der Waals surface area contributed by atoms with Crippen LogP contribution in [0.3, 0.4) is 0 Å².